The quantitative estimate of drug-likeness (QED) is 0.904. The normalized spacial score (nSPS) is 17.4. The molecule has 0 radical (unpaired) electrons. The van der Waals surface area contributed by atoms with Gasteiger partial charge in [-0.15, -0.1) is 0 Å². The lowest BCUT2D eigenvalue weighted by molar-refractivity contribution is -0.141. The van der Waals surface area contributed by atoms with Gasteiger partial charge in [0.25, 0.3) is 5.91 Å². The van der Waals surface area contributed by atoms with Crippen molar-refractivity contribution in [3.05, 3.63) is 52.4 Å². The van der Waals surface area contributed by atoms with Gasteiger partial charge in [0.1, 0.15) is 0 Å². The number of furan rings is 1. The number of rotatable bonds is 2. The number of hydrogen-bond acceptors (Lipinski definition) is 3. The highest BCUT2D eigenvalue weighted by atomic mass is 79.9. The molecule has 21 heavy (non-hydrogen) atoms. The Morgan fingerprint density at radius 1 is 1.24 bits per heavy atom. The molecule has 0 saturated heterocycles. The van der Waals surface area contributed by atoms with Crippen LogP contribution in [0.15, 0.2) is 45.5 Å². The predicted octanol–water partition coefficient (Wildman–Crippen LogP) is 2.95. The number of carbonyl (C=O) groups is 2. The minimum atomic E-state index is -0.900. The van der Waals surface area contributed by atoms with Crippen LogP contribution in [0.5, 0.6) is 0 Å². The van der Waals surface area contributed by atoms with Crippen LogP contribution in [-0.4, -0.2) is 23.5 Å². The van der Waals surface area contributed by atoms with Gasteiger partial charge in [0.05, 0.1) is 5.92 Å². The second-order valence-electron chi connectivity index (χ2n) is 4.89. The summed E-state index contributed by atoms with van der Waals surface area (Å²) in [7, 11) is 0. The van der Waals surface area contributed by atoms with Gasteiger partial charge in [0.2, 0.25) is 0 Å². The minimum Gasteiger partial charge on any atom is -0.481 e. The van der Waals surface area contributed by atoms with Crippen LogP contribution in [0.3, 0.4) is 0 Å². The van der Waals surface area contributed by atoms with E-state index in [9.17, 15) is 14.7 Å². The second-order valence-corrected chi connectivity index (χ2v) is 5.67. The summed E-state index contributed by atoms with van der Waals surface area (Å²) < 4.78 is 5.75. The molecule has 0 saturated carbocycles. The van der Waals surface area contributed by atoms with Gasteiger partial charge in [-0.2, -0.15) is 0 Å². The van der Waals surface area contributed by atoms with Crippen molar-refractivity contribution in [1.82, 2.24) is 0 Å². The van der Waals surface area contributed by atoms with Gasteiger partial charge < -0.3 is 14.4 Å². The zero-order chi connectivity index (χ0) is 15.0. The first kappa shape index (κ1) is 13.9. The van der Waals surface area contributed by atoms with E-state index < -0.39 is 11.9 Å². The number of aliphatic carboxylic acids is 1. The monoisotopic (exact) mass is 349 g/mol. The number of nitrogens with zero attached hydrogens (tertiary/aromatic N) is 1. The van der Waals surface area contributed by atoms with Crippen LogP contribution in [-0.2, 0) is 11.2 Å². The minimum absolute atomic E-state index is 0.142. The van der Waals surface area contributed by atoms with E-state index in [1.807, 2.05) is 24.3 Å². The fourth-order valence-electron chi connectivity index (χ4n) is 2.52. The van der Waals surface area contributed by atoms with Crippen molar-refractivity contribution in [2.75, 3.05) is 11.4 Å². The molecule has 108 valence electrons. The summed E-state index contributed by atoms with van der Waals surface area (Å²) in [5, 5.41) is 9.27. The fraction of sp³-hybridized carbons (Fsp3) is 0.200. The van der Waals surface area contributed by atoms with Gasteiger partial charge in [-0.05, 0) is 46.1 Å². The van der Waals surface area contributed by atoms with Crippen molar-refractivity contribution < 1.29 is 19.1 Å². The van der Waals surface area contributed by atoms with Crippen LogP contribution in [0.25, 0.3) is 0 Å². The summed E-state index contributed by atoms with van der Waals surface area (Å²) in [6, 6.07) is 10.6. The Labute approximate surface area is 129 Å². The molecule has 0 fully saturated rings. The molecule has 0 aliphatic carbocycles. The first-order chi connectivity index (χ1) is 10.1. The highest BCUT2D eigenvalue weighted by Gasteiger charge is 2.33. The van der Waals surface area contributed by atoms with E-state index in [4.69, 9.17) is 4.42 Å². The molecule has 1 unspecified atom stereocenters. The molecular formula is C15H12BrNO4. The number of carboxylic acids is 1. The molecule has 2 aromatic rings. The summed E-state index contributed by atoms with van der Waals surface area (Å²) in [6.07, 6.45) is 0.428. The van der Waals surface area contributed by atoms with Crippen molar-refractivity contribution in [1.29, 1.82) is 0 Å². The van der Waals surface area contributed by atoms with Crippen LogP contribution >= 0.6 is 15.9 Å². The maximum Gasteiger partial charge on any atom is 0.308 e. The average Bonchev–Trinajstić information content (AvgIpc) is 2.92. The lowest BCUT2D eigenvalue weighted by Crippen LogP contribution is -2.42. The van der Waals surface area contributed by atoms with Crippen LogP contribution in [0, 0.1) is 5.92 Å². The van der Waals surface area contributed by atoms with E-state index in [1.54, 1.807) is 12.1 Å². The summed E-state index contributed by atoms with van der Waals surface area (Å²) in [4.78, 5) is 25.3. The van der Waals surface area contributed by atoms with Gasteiger partial charge in [-0.1, -0.05) is 18.2 Å². The number of fused-ring (bicyclic) bond motifs is 1. The zero-order valence-electron chi connectivity index (χ0n) is 11.0. The van der Waals surface area contributed by atoms with Crippen molar-refractivity contribution in [3.8, 4) is 0 Å². The Morgan fingerprint density at radius 3 is 2.67 bits per heavy atom. The number of anilines is 1. The van der Waals surface area contributed by atoms with Crippen LogP contribution < -0.4 is 4.90 Å². The molecule has 1 aromatic carbocycles. The molecule has 6 heteroatoms. The van der Waals surface area contributed by atoms with Gasteiger partial charge >= 0.3 is 5.97 Å². The Morgan fingerprint density at radius 2 is 2.00 bits per heavy atom. The summed E-state index contributed by atoms with van der Waals surface area (Å²) >= 11 is 3.16. The topological polar surface area (TPSA) is 70.8 Å². The molecule has 0 spiro atoms. The van der Waals surface area contributed by atoms with Crippen molar-refractivity contribution >= 4 is 33.5 Å². The van der Waals surface area contributed by atoms with Crippen LogP contribution in [0.1, 0.15) is 16.1 Å². The van der Waals surface area contributed by atoms with E-state index in [0.29, 0.717) is 11.1 Å². The van der Waals surface area contributed by atoms with Gasteiger partial charge in [0.15, 0.2) is 10.4 Å². The molecule has 3 rings (SSSR count). The molecule has 1 aliphatic heterocycles. The van der Waals surface area contributed by atoms with E-state index in [1.165, 1.54) is 4.90 Å². The fourth-order valence-corrected chi connectivity index (χ4v) is 2.82. The smallest absolute Gasteiger partial charge is 0.308 e. The van der Waals surface area contributed by atoms with Gasteiger partial charge in [-0.25, -0.2) is 0 Å². The summed E-state index contributed by atoms with van der Waals surface area (Å²) in [6.45, 7) is 0.142. The number of para-hydroxylation sites is 1. The third-order valence-electron chi connectivity index (χ3n) is 3.53. The highest BCUT2D eigenvalue weighted by Crippen LogP contribution is 2.31. The zero-order valence-corrected chi connectivity index (χ0v) is 12.5. The van der Waals surface area contributed by atoms with Crippen molar-refractivity contribution in [2.45, 2.75) is 6.42 Å². The van der Waals surface area contributed by atoms with Crippen LogP contribution in [0.4, 0.5) is 5.69 Å². The molecule has 1 atom stereocenters. The Balaban J connectivity index is 2.00. The molecule has 2 heterocycles. The summed E-state index contributed by atoms with van der Waals surface area (Å²) in [5.74, 6) is -1.66. The average molecular weight is 350 g/mol. The maximum atomic E-state index is 12.6. The first-order valence-electron chi connectivity index (χ1n) is 6.44. The van der Waals surface area contributed by atoms with E-state index in [2.05, 4.69) is 15.9 Å². The Kier molecular flexibility index (Phi) is 3.55. The molecule has 1 aromatic heterocycles. The standard InChI is InChI=1S/C15H12BrNO4/c16-13-6-5-12(21-13)14(18)17-8-10(15(19)20)7-9-3-1-2-4-11(9)17/h1-6,10H,7-8H2,(H,19,20). The Hall–Kier alpha value is -2.08. The molecule has 5 nitrogen and oxygen atoms in total. The number of amides is 1. The molecule has 1 amide bonds. The number of hydrogen-bond donors (Lipinski definition) is 1. The highest BCUT2D eigenvalue weighted by molar-refractivity contribution is 9.10. The van der Waals surface area contributed by atoms with Crippen molar-refractivity contribution in [2.24, 2.45) is 5.92 Å². The molecule has 1 aliphatic rings. The third-order valence-corrected chi connectivity index (χ3v) is 3.96. The number of carboxylic acid groups (broad SMARTS) is 1. The summed E-state index contributed by atoms with van der Waals surface area (Å²) in [5.41, 5.74) is 1.60. The largest absolute Gasteiger partial charge is 0.481 e. The first-order valence-corrected chi connectivity index (χ1v) is 7.23. The van der Waals surface area contributed by atoms with Gasteiger partial charge in [-0.3, -0.25) is 9.59 Å². The molecule has 1 N–H and O–H groups in total. The van der Waals surface area contributed by atoms with Crippen LogP contribution in [0.2, 0.25) is 0 Å². The maximum absolute atomic E-state index is 12.6. The lowest BCUT2D eigenvalue weighted by Gasteiger charge is -2.32. The van der Waals surface area contributed by atoms with Crippen molar-refractivity contribution in [3.63, 3.8) is 0 Å². The van der Waals surface area contributed by atoms with E-state index >= 15 is 0 Å². The SMILES string of the molecule is O=C(O)C1Cc2ccccc2N(C(=O)c2ccc(Br)o2)C1. The number of benzene rings is 1. The lowest BCUT2D eigenvalue weighted by atomic mass is 9.92. The number of carbonyl (C=O) groups excluding carboxylic acids is 1. The Bertz CT molecular complexity index is 709. The predicted molar refractivity (Wildman–Crippen MR) is 79.4 cm³/mol. The second kappa shape index (κ2) is 5.37. The van der Waals surface area contributed by atoms with E-state index in [0.717, 1.165) is 11.3 Å². The number of halogens is 1. The van der Waals surface area contributed by atoms with Gasteiger partial charge in [0, 0.05) is 12.2 Å². The molecule has 0 bridgehead atoms. The third kappa shape index (κ3) is 2.58. The van der Waals surface area contributed by atoms with E-state index in [-0.39, 0.29) is 18.2 Å². The molecular weight excluding hydrogens is 338 g/mol.